The van der Waals surface area contributed by atoms with Crippen LogP contribution in [-0.4, -0.2) is 168 Å². The lowest BCUT2D eigenvalue weighted by atomic mass is 9.89. The number of carbonyl (C=O) groups is 10. The molecule has 0 saturated heterocycles. The number of carboxylic acids is 1. The maximum atomic E-state index is 12.2. The molecule has 0 spiro atoms. The molecular formula is C95H136Cl4N12O24S2. The summed E-state index contributed by atoms with van der Waals surface area (Å²) in [6, 6.07) is 3.39. The van der Waals surface area contributed by atoms with E-state index in [2.05, 4.69) is 58.9 Å². The molecule has 0 bridgehead atoms. The Morgan fingerprint density at radius 2 is 0.956 bits per heavy atom. The predicted molar refractivity (Wildman–Crippen MR) is 529 cm³/mol. The van der Waals surface area contributed by atoms with Crippen LogP contribution in [-0.2, 0) is 129 Å². The van der Waals surface area contributed by atoms with Crippen LogP contribution in [0.4, 0.5) is 17.1 Å². The number of carbonyl (C=O) groups excluding carboxylic acids is 9. The van der Waals surface area contributed by atoms with Crippen molar-refractivity contribution in [1.82, 2.24) is 23.6 Å². The SMILES string of the molecule is C.C.C.CCCCn1cc2c(c(C(=O)O)c1=O)CCCC2.CCOO.COC(OC)N(C)C.CS(=O)(=O)Cl.CS(=O)(=O)OC1=CC(=O)CCC1.ClCCl.N#CC(C(N)=O)C1=CC(=O)CCC1.N#CCC(N)=O.O=C1C=C(Cl)CCC1.O=C1CCCC(=O)C1.[C-]#[N+]c1c2c(c[nH]c1=O)C(=O)CCC2.[C-]#[N+]c1c2c(cn(CCCC)c1=O)C(=O)CCC2.[C-]#[N+]c1c2c(cn(CCCC)c1=O)CCCC2. The zero-order valence-electron chi connectivity index (χ0n) is 77.7. The second-order valence-corrected chi connectivity index (χ2v) is 36.8. The highest BCUT2D eigenvalue weighted by Crippen LogP contribution is 2.31. The number of ether oxygens (including phenoxy) is 2. The molecule has 12 rings (SSSR count). The minimum atomic E-state index is -3.47. The number of fused-ring (bicyclic) bond motifs is 4. The van der Waals surface area contributed by atoms with Gasteiger partial charge in [0.05, 0.1) is 62.7 Å². The van der Waals surface area contributed by atoms with E-state index in [1.807, 2.05) is 38.3 Å². The number of Topliss-reactive ketones (excluding diaryl/α,β-unsaturated/α-hetero) is 4. The Bertz CT molecular complexity index is 5440. The lowest BCUT2D eigenvalue weighted by Gasteiger charge is -2.19. The van der Waals surface area contributed by atoms with E-state index >= 15 is 0 Å². The van der Waals surface area contributed by atoms with Gasteiger partial charge in [0.1, 0.15) is 35.2 Å². The molecular weight excluding hydrogens is 1900 g/mol. The number of hydrogen-bond donors (Lipinski definition) is 5. The highest BCUT2D eigenvalue weighted by Gasteiger charge is 2.28. The minimum absolute atomic E-state index is 0. The van der Waals surface area contributed by atoms with E-state index in [1.54, 1.807) is 48.6 Å². The summed E-state index contributed by atoms with van der Waals surface area (Å²) in [7, 11) is 4.82. The van der Waals surface area contributed by atoms with Crippen LogP contribution in [0.5, 0.6) is 0 Å². The van der Waals surface area contributed by atoms with Gasteiger partial charge in [0.15, 0.2) is 28.9 Å². The zero-order chi connectivity index (χ0) is 102. The molecule has 4 heterocycles. The third-order valence-corrected chi connectivity index (χ3v) is 20.7. The summed E-state index contributed by atoms with van der Waals surface area (Å²) in [5.41, 5.74) is 16.1. The van der Waals surface area contributed by atoms with Crippen LogP contribution < -0.4 is 33.7 Å². The van der Waals surface area contributed by atoms with Gasteiger partial charge in [-0.2, -0.15) is 18.9 Å². The molecule has 36 nitrogen and oxygen atoms in total. The van der Waals surface area contributed by atoms with Gasteiger partial charge in [-0.25, -0.2) is 32.6 Å². The Balaban J connectivity index is -0.000000716. The first-order chi connectivity index (χ1) is 63.4. The van der Waals surface area contributed by atoms with E-state index in [9.17, 15) is 89.1 Å². The molecule has 1 fully saturated rings. The first-order valence-corrected chi connectivity index (χ1v) is 49.4. The number of nitrogens with zero attached hydrogens (tertiary/aromatic N) is 9. The highest BCUT2D eigenvalue weighted by molar-refractivity contribution is 8.13. The normalized spacial score (nSPS) is 14.6. The van der Waals surface area contributed by atoms with Crippen molar-refractivity contribution >= 4 is 140 Å². The van der Waals surface area contributed by atoms with E-state index < -0.39 is 48.4 Å². The number of carboxylic acid groups (broad SMARTS) is 1. The number of rotatable bonds is 19. The van der Waals surface area contributed by atoms with Crippen molar-refractivity contribution in [2.45, 2.75) is 294 Å². The number of allylic oxidation sites excluding steroid dienone is 5. The minimum Gasteiger partial charge on any atom is -0.477 e. The number of unbranched alkanes of at least 4 members (excludes halogenated alkanes) is 3. The Hall–Kier alpha value is -10.8. The van der Waals surface area contributed by atoms with Crippen molar-refractivity contribution in [2.24, 2.45) is 17.4 Å². The van der Waals surface area contributed by atoms with E-state index in [1.165, 1.54) is 41.0 Å². The summed E-state index contributed by atoms with van der Waals surface area (Å²) < 4.78 is 59.2. The maximum Gasteiger partial charge on any atom is 0.341 e. The van der Waals surface area contributed by atoms with E-state index in [-0.39, 0.29) is 127 Å². The number of primary amides is 2. The fourth-order valence-electron chi connectivity index (χ4n) is 13.8. The number of aromatic carboxylic acids is 1. The number of amides is 2. The summed E-state index contributed by atoms with van der Waals surface area (Å²) >= 11 is 15.1. The van der Waals surface area contributed by atoms with Crippen LogP contribution in [0.2, 0.25) is 0 Å². The van der Waals surface area contributed by atoms with Gasteiger partial charge >= 0.3 is 16.1 Å². The number of ketones is 7. The van der Waals surface area contributed by atoms with Gasteiger partial charge in [0.25, 0.3) is 39.3 Å². The molecule has 0 aromatic carbocycles. The molecule has 0 aliphatic heterocycles. The largest absolute Gasteiger partial charge is 0.477 e. The molecule has 7 N–H and O–H groups in total. The number of methoxy groups -OCH3 is 2. The van der Waals surface area contributed by atoms with Crippen molar-refractivity contribution in [1.29, 1.82) is 10.5 Å². The number of aromatic nitrogens is 4. The fourth-order valence-corrected chi connectivity index (χ4v) is 14.5. The van der Waals surface area contributed by atoms with Gasteiger partial charge in [-0.05, 0) is 201 Å². The maximum absolute atomic E-state index is 12.2. The average Bonchev–Trinajstić information content (AvgIpc) is 0.785. The van der Waals surface area contributed by atoms with Crippen LogP contribution in [0.25, 0.3) is 14.5 Å². The lowest BCUT2D eigenvalue weighted by Crippen LogP contribution is -2.30. The molecule has 1 unspecified atom stereocenters. The first-order valence-electron chi connectivity index (χ1n) is 43.4. The number of halogens is 4. The van der Waals surface area contributed by atoms with Crippen LogP contribution in [0, 0.1) is 48.3 Å². The molecule has 1 saturated carbocycles. The molecule has 4 aromatic rings. The average molecular weight is 2040 g/mol. The Morgan fingerprint density at radius 3 is 1.31 bits per heavy atom. The first kappa shape index (κ1) is 133. The van der Waals surface area contributed by atoms with Crippen molar-refractivity contribution < 1.29 is 93.7 Å². The predicted octanol–water partition coefficient (Wildman–Crippen LogP) is 16.4. The summed E-state index contributed by atoms with van der Waals surface area (Å²) in [5, 5.41) is 33.9. The number of aryl methyl sites for hydroxylation is 5. The molecule has 137 heavy (non-hydrogen) atoms. The summed E-state index contributed by atoms with van der Waals surface area (Å²) in [6.45, 7) is 31.5. The van der Waals surface area contributed by atoms with E-state index in [4.69, 9.17) is 85.5 Å². The number of hydrogen-bond acceptors (Lipinski definition) is 26. The van der Waals surface area contributed by atoms with Gasteiger partial charge in [0, 0.05) is 143 Å². The number of pyridine rings is 4. The molecule has 760 valence electrons. The van der Waals surface area contributed by atoms with E-state index in [0.29, 0.717) is 142 Å². The third kappa shape index (κ3) is 53.1. The Kier molecular flexibility index (Phi) is 71.0. The zero-order valence-corrected chi connectivity index (χ0v) is 82.3. The van der Waals surface area contributed by atoms with Gasteiger partial charge in [-0.1, -0.05) is 80.3 Å². The summed E-state index contributed by atoms with van der Waals surface area (Å²) in [5.74, 6) is -2.62. The number of nitriles is 2. The Labute approximate surface area is 824 Å². The number of nitrogens with two attached hydrogens (primary N) is 2. The lowest BCUT2D eigenvalue weighted by molar-refractivity contribution is -0.237. The number of H-pyrrole nitrogens is 1. The van der Waals surface area contributed by atoms with Crippen molar-refractivity contribution in [3.05, 3.63) is 185 Å². The van der Waals surface area contributed by atoms with Crippen LogP contribution >= 0.6 is 45.5 Å². The van der Waals surface area contributed by atoms with Crippen molar-refractivity contribution in [3.63, 3.8) is 0 Å². The molecule has 1 atom stereocenters. The van der Waals surface area contributed by atoms with Crippen molar-refractivity contribution in [3.8, 4) is 12.1 Å². The molecule has 8 aliphatic rings. The monoisotopic (exact) mass is 2030 g/mol. The fraction of sp³-hybridized carbons (Fsp3) is 0.568. The Morgan fingerprint density at radius 1 is 0.562 bits per heavy atom. The number of alkyl halides is 2. The number of nitrogens with one attached hydrogen (secondary N) is 1. The summed E-state index contributed by atoms with van der Waals surface area (Å²) in [4.78, 5) is 174. The van der Waals surface area contributed by atoms with Crippen molar-refractivity contribution in [2.75, 3.05) is 52.8 Å². The summed E-state index contributed by atoms with van der Waals surface area (Å²) in [6.07, 6.45) is 38.3. The smallest absolute Gasteiger partial charge is 0.341 e. The molecule has 42 heteroatoms. The molecule has 2 amide bonds. The van der Waals surface area contributed by atoms with Crippen LogP contribution in [0.15, 0.2) is 78.6 Å². The van der Waals surface area contributed by atoms with Gasteiger partial charge in [-0.15, -0.1) is 23.2 Å². The van der Waals surface area contributed by atoms with Gasteiger partial charge in [0.2, 0.25) is 27.3 Å². The van der Waals surface area contributed by atoms with Gasteiger partial charge < -0.3 is 48.9 Å². The molecule has 0 radical (unpaired) electrons. The second-order valence-electron chi connectivity index (χ2n) is 30.9. The topological polar surface area (TPSA) is 531 Å². The van der Waals surface area contributed by atoms with Crippen LogP contribution in [0.3, 0.4) is 0 Å². The second kappa shape index (κ2) is 73.4. The standard InChI is InChI=1S/C14H16N2O2.C14H18N2O.C14H19NO3.C10H8N2O2.C9H10N2O2.C7H10O4S.C6H7ClO.C6H8O2.C5H13NO2.C3H4N2O.C2H6O2.CH2Cl2.CH3ClO2S.3CH4/c1-3-4-8-16-9-11-10(6-5-7-12(11)17)13(15-2)14(16)18;1-3-4-9-16-10-11-7-5-6-8-12(11)13(15-2)14(16)17;1-2-3-8-15-9-10-6-4-5-7-11(10)12(13(15)16)14(17)18;1-11-9-6-3-2-4-8(13)7(6)5-12-10(9)14;10-5-8(9(11)13)6-2-1-3-7(12)4-6;1-12(9,10)11-7-4-2-3-6(8)5-7;2*7-5-2-1-3-6(8)4-5;1-6(2)5(7-3)8-4;4-2-1-3(5)6;1-2-4-3;2-1-3;1-5(2,3)4;;;/h9H,3-8H2,1H3;10H,3-9H2,1H3;9H,2-8H2,1H3,(H,17,18);5H,2-4H2,(H,12,14);4,8H,1-3H2,(H2,11,13);5H,2-4H2,1H3;4H,1-3H2;1-4H2;5H,1-4H3;1H2,(H2,5,6);3H,2H2,1H3;1H2;1H3;3*1H4. The van der Waals surface area contributed by atoms with E-state index in [0.717, 1.165) is 151 Å². The van der Waals surface area contributed by atoms with Crippen LogP contribution in [0.1, 0.15) is 294 Å². The third-order valence-electron chi connectivity index (χ3n) is 19.9. The molecule has 4 aromatic heterocycles. The number of aromatic amines is 1. The quantitative estimate of drug-likeness (QED) is 0.00850. The molecule has 8 aliphatic carbocycles. The highest BCUT2D eigenvalue weighted by atomic mass is 35.7. The van der Waals surface area contributed by atoms with Gasteiger partial charge in [-0.3, -0.25) is 72.5 Å².